The topological polar surface area (TPSA) is 65.8 Å². The number of aromatic nitrogens is 3. The Balaban J connectivity index is 2.22. The Morgan fingerprint density at radius 2 is 2.16 bits per heavy atom. The van der Waals surface area contributed by atoms with Crippen molar-refractivity contribution in [1.82, 2.24) is 19.9 Å². The van der Waals surface area contributed by atoms with Crippen molar-refractivity contribution in [3.8, 4) is 0 Å². The van der Waals surface area contributed by atoms with Gasteiger partial charge in [0.25, 0.3) is 4.87 Å². The van der Waals surface area contributed by atoms with Gasteiger partial charge in [0.05, 0.1) is 17.2 Å². The van der Waals surface area contributed by atoms with Gasteiger partial charge in [0.15, 0.2) is 5.82 Å². The van der Waals surface area contributed by atoms with Crippen LogP contribution in [0.15, 0.2) is 35.6 Å². The standard InChI is InChI=1S/C15H14ClF3N4OS/c1-3-25(24)14(7-9(16)4-5-21-14)13-22-10-6-12(15(17,18)19)20-8-11(10)23(13)2/h4-8,21H,3H2,1-2H3. The van der Waals surface area contributed by atoms with Crippen LogP contribution in [0.1, 0.15) is 18.4 Å². The third-order valence-electron chi connectivity index (χ3n) is 3.89. The molecule has 0 amide bonds. The number of hydrogen-bond acceptors (Lipinski definition) is 4. The predicted molar refractivity (Wildman–Crippen MR) is 90.1 cm³/mol. The Bertz CT molecular complexity index is 880. The van der Waals surface area contributed by atoms with Gasteiger partial charge in [-0.2, -0.15) is 13.2 Å². The molecular weight excluding hydrogens is 377 g/mol. The quantitative estimate of drug-likeness (QED) is 0.818. The molecule has 2 aromatic rings. The van der Waals surface area contributed by atoms with Crippen molar-refractivity contribution in [2.45, 2.75) is 18.0 Å². The molecule has 1 aliphatic rings. The van der Waals surface area contributed by atoms with Gasteiger partial charge in [0, 0.05) is 24.4 Å². The van der Waals surface area contributed by atoms with E-state index in [0.717, 1.165) is 12.3 Å². The molecule has 1 N–H and O–H groups in total. The molecular formula is C15H14ClF3N4OS. The molecule has 3 rings (SSSR count). The van der Waals surface area contributed by atoms with Crippen molar-refractivity contribution in [3.63, 3.8) is 0 Å². The molecule has 0 aliphatic carbocycles. The molecule has 0 aromatic carbocycles. The SMILES string of the molecule is CC[S+]([O-])C1(c2nc3cc(C(F)(F)F)ncc3n2C)C=C(Cl)C=CN1. The number of fused-ring (bicyclic) bond motifs is 1. The largest absolute Gasteiger partial charge is 0.614 e. The fraction of sp³-hybridized carbons (Fsp3) is 0.333. The van der Waals surface area contributed by atoms with E-state index >= 15 is 0 Å². The van der Waals surface area contributed by atoms with Crippen LogP contribution in [0, 0.1) is 0 Å². The van der Waals surface area contributed by atoms with E-state index in [1.54, 1.807) is 36.9 Å². The lowest BCUT2D eigenvalue weighted by molar-refractivity contribution is -0.141. The van der Waals surface area contributed by atoms with Crippen LogP contribution in [0.5, 0.6) is 0 Å². The zero-order valence-electron chi connectivity index (χ0n) is 13.3. The second-order valence-corrected chi connectivity index (χ2v) is 7.78. The lowest BCUT2D eigenvalue weighted by atomic mass is 10.2. The third kappa shape index (κ3) is 3.00. The number of aryl methyl sites for hydroxylation is 1. The van der Waals surface area contributed by atoms with E-state index in [0.29, 0.717) is 22.1 Å². The molecule has 5 nitrogen and oxygen atoms in total. The summed E-state index contributed by atoms with van der Waals surface area (Å²) in [6, 6.07) is 0.880. The van der Waals surface area contributed by atoms with E-state index in [-0.39, 0.29) is 5.52 Å². The summed E-state index contributed by atoms with van der Waals surface area (Å²) < 4.78 is 53.0. The van der Waals surface area contributed by atoms with Gasteiger partial charge < -0.3 is 14.4 Å². The highest BCUT2D eigenvalue weighted by molar-refractivity contribution is 7.92. The molecule has 134 valence electrons. The van der Waals surface area contributed by atoms with Gasteiger partial charge in [-0.1, -0.05) is 11.6 Å². The fourth-order valence-corrected chi connectivity index (χ4v) is 4.29. The summed E-state index contributed by atoms with van der Waals surface area (Å²) in [6.07, 6.45) is 1.26. The van der Waals surface area contributed by atoms with Gasteiger partial charge >= 0.3 is 6.18 Å². The minimum Gasteiger partial charge on any atom is -0.614 e. The first-order valence-corrected chi connectivity index (χ1v) is 9.00. The van der Waals surface area contributed by atoms with Crippen LogP contribution in [0.4, 0.5) is 13.2 Å². The summed E-state index contributed by atoms with van der Waals surface area (Å²) in [5.41, 5.74) is -0.509. The highest BCUT2D eigenvalue weighted by Gasteiger charge is 2.46. The number of hydrogen-bond donors (Lipinski definition) is 1. The number of alkyl halides is 3. The molecule has 2 unspecified atom stereocenters. The second kappa shape index (κ2) is 6.22. The number of nitrogens with one attached hydrogen (secondary N) is 1. The van der Waals surface area contributed by atoms with Gasteiger partial charge in [-0.3, -0.25) is 0 Å². The van der Waals surface area contributed by atoms with Crippen LogP contribution in [0.3, 0.4) is 0 Å². The summed E-state index contributed by atoms with van der Waals surface area (Å²) in [5.74, 6) is 0.600. The summed E-state index contributed by atoms with van der Waals surface area (Å²) in [7, 11) is 1.63. The lowest BCUT2D eigenvalue weighted by Gasteiger charge is -2.33. The van der Waals surface area contributed by atoms with Crippen molar-refractivity contribution in [3.05, 3.63) is 47.2 Å². The first kappa shape index (κ1) is 18.1. The predicted octanol–water partition coefficient (Wildman–Crippen LogP) is 3.15. The van der Waals surface area contributed by atoms with Crippen molar-refractivity contribution >= 4 is 33.8 Å². The molecule has 2 aromatic heterocycles. The van der Waals surface area contributed by atoms with E-state index in [1.165, 1.54) is 0 Å². The number of imidazole rings is 1. The van der Waals surface area contributed by atoms with Gasteiger partial charge in [-0.05, 0) is 30.2 Å². The van der Waals surface area contributed by atoms with Gasteiger partial charge in [0.1, 0.15) is 11.4 Å². The van der Waals surface area contributed by atoms with Crippen LogP contribution < -0.4 is 5.32 Å². The molecule has 10 heteroatoms. The molecule has 0 bridgehead atoms. The molecule has 3 heterocycles. The summed E-state index contributed by atoms with van der Waals surface area (Å²) in [4.78, 5) is 6.55. The van der Waals surface area contributed by atoms with Gasteiger partial charge in [-0.15, -0.1) is 0 Å². The molecule has 0 fully saturated rings. The molecule has 25 heavy (non-hydrogen) atoms. The van der Waals surface area contributed by atoms with E-state index < -0.39 is 27.9 Å². The van der Waals surface area contributed by atoms with Crippen LogP contribution in [0.2, 0.25) is 0 Å². The number of rotatable bonds is 3. The fourth-order valence-electron chi connectivity index (χ4n) is 2.69. The van der Waals surface area contributed by atoms with E-state index in [2.05, 4.69) is 15.3 Å². The average Bonchev–Trinajstić information content (AvgIpc) is 2.90. The second-order valence-electron chi connectivity index (χ2n) is 5.43. The van der Waals surface area contributed by atoms with Crippen LogP contribution in [-0.2, 0) is 29.3 Å². The first-order chi connectivity index (χ1) is 11.7. The number of nitrogens with zero attached hydrogens (tertiary/aromatic N) is 3. The van der Waals surface area contributed by atoms with Crippen LogP contribution in [0.25, 0.3) is 11.0 Å². The molecule has 0 radical (unpaired) electrons. The molecule has 0 saturated carbocycles. The minimum atomic E-state index is -4.56. The Morgan fingerprint density at radius 1 is 1.44 bits per heavy atom. The number of allylic oxidation sites excluding steroid dienone is 2. The van der Waals surface area contributed by atoms with E-state index in [4.69, 9.17) is 11.6 Å². The third-order valence-corrected chi connectivity index (χ3v) is 5.79. The first-order valence-electron chi connectivity index (χ1n) is 7.30. The van der Waals surface area contributed by atoms with Crippen LogP contribution >= 0.6 is 11.6 Å². The maximum atomic E-state index is 12.9. The van der Waals surface area contributed by atoms with E-state index in [1.807, 2.05) is 0 Å². The molecule has 1 aliphatic heterocycles. The maximum Gasteiger partial charge on any atom is 0.433 e. The van der Waals surface area contributed by atoms with Crippen molar-refractivity contribution in [2.24, 2.45) is 7.05 Å². The zero-order chi connectivity index (χ0) is 18.4. The Kier molecular flexibility index (Phi) is 4.50. The Hall–Kier alpha value is -1.71. The van der Waals surface area contributed by atoms with Crippen molar-refractivity contribution in [1.29, 1.82) is 0 Å². The smallest absolute Gasteiger partial charge is 0.433 e. The molecule has 0 saturated heterocycles. The Labute approximate surface area is 149 Å². The summed E-state index contributed by atoms with van der Waals surface area (Å²) in [5, 5.41) is 3.37. The average molecular weight is 391 g/mol. The van der Waals surface area contributed by atoms with Gasteiger partial charge in [-0.25, -0.2) is 9.97 Å². The number of dihydropyridines is 1. The van der Waals surface area contributed by atoms with Crippen molar-refractivity contribution in [2.75, 3.05) is 5.75 Å². The monoisotopic (exact) mass is 390 g/mol. The van der Waals surface area contributed by atoms with Crippen molar-refractivity contribution < 1.29 is 17.7 Å². The van der Waals surface area contributed by atoms with Crippen LogP contribution in [-0.4, -0.2) is 24.8 Å². The zero-order valence-corrected chi connectivity index (χ0v) is 14.8. The number of halogens is 4. The molecule has 0 spiro atoms. The molecule has 2 atom stereocenters. The summed E-state index contributed by atoms with van der Waals surface area (Å²) in [6.45, 7) is 1.74. The normalized spacial score (nSPS) is 22.0. The maximum absolute atomic E-state index is 12.9. The van der Waals surface area contributed by atoms with E-state index in [9.17, 15) is 17.7 Å². The minimum absolute atomic E-state index is 0.119. The lowest BCUT2D eigenvalue weighted by Crippen LogP contribution is -2.49. The Morgan fingerprint density at radius 3 is 2.76 bits per heavy atom. The van der Waals surface area contributed by atoms with Gasteiger partial charge in [0.2, 0.25) is 0 Å². The highest BCUT2D eigenvalue weighted by Crippen LogP contribution is 2.36. The summed E-state index contributed by atoms with van der Waals surface area (Å²) >= 11 is 4.64. The highest BCUT2D eigenvalue weighted by atomic mass is 35.5. The number of pyridine rings is 1.